The number of carbonyl (C=O) groups excluding carboxylic acids is 1. The molecule has 0 unspecified atom stereocenters. The second-order valence-corrected chi connectivity index (χ2v) is 5.21. The second kappa shape index (κ2) is 5.80. The molecular weight excluding hydrogens is 220 g/mol. The molecule has 2 fully saturated rings. The Morgan fingerprint density at radius 2 is 2.06 bits per heavy atom. The number of aliphatic hydroxyl groups is 2. The molecule has 5 nitrogen and oxygen atoms in total. The normalized spacial score (nSPS) is 38.0. The summed E-state index contributed by atoms with van der Waals surface area (Å²) in [5.74, 6) is 0.137. The fourth-order valence-electron chi connectivity index (χ4n) is 2.70. The molecule has 0 aromatic heterocycles. The highest BCUT2D eigenvalue weighted by atomic mass is 16.3. The Hall–Kier alpha value is -0.650. The lowest BCUT2D eigenvalue weighted by Crippen LogP contribution is -2.44. The molecule has 2 aliphatic rings. The van der Waals surface area contributed by atoms with Crippen molar-refractivity contribution in [1.29, 1.82) is 0 Å². The maximum Gasteiger partial charge on any atom is 0.237 e. The molecule has 0 radical (unpaired) electrons. The number of hydrogen-bond donors (Lipinski definition) is 4. The Balaban J connectivity index is 1.72. The highest BCUT2D eigenvalue weighted by Gasteiger charge is 2.29. The largest absolute Gasteiger partial charge is 0.393 e. The van der Waals surface area contributed by atoms with E-state index in [0.717, 1.165) is 25.7 Å². The number of amides is 1. The summed E-state index contributed by atoms with van der Waals surface area (Å²) in [4.78, 5) is 11.8. The highest BCUT2D eigenvalue weighted by molar-refractivity contribution is 5.82. The Kier molecular flexibility index (Phi) is 4.36. The van der Waals surface area contributed by atoms with E-state index in [2.05, 4.69) is 10.6 Å². The molecule has 4 N–H and O–H groups in total. The van der Waals surface area contributed by atoms with Crippen molar-refractivity contribution in [3.05, 3.63) is 0 Å². The molecule has 1 heterocycles. The van der Waals surface area contributed by atoms with Crippen LogP contribution in [0.3, 0.4) is 0 Å². The van der Waals surface area contributed by atoms with Crippen LogP contribution < -0.4 is 10.6 Å². The minimum atomic E-state index is -0.411. The molecule has 4 atom stereocenters. The molecule has 5 heteroatoms. The topological polar surface area (TPSA) is 81.6 Å². The summed E-state index contributed by atoms with van der Waals surface area (Å²) in [5.41, 5.74) is 0. The van der Waals surface area contributed by atoms with Gasteiger partial charge < -0.3 is 20.8 Å². The van der Waals surface area contributed by atoms with Crippen LogP contribution in [0.5, 0.6) is 0 Å². The van der Waals surface area contributed by atoms with Gasteiger partial charge in [-0.3, -0.25) is 4.79 Å². The zero-order valence-corrected chi connectivity index (χ0v) is 10.1. The van der Waals surface area contributed by atoms with E-state index < -0.39 is 6.10 Å². The van der Waals surface area contributed by atoms with E-state index in [1.807, 2.05) is 0 Å². The third kappa shape index (κ3) is 3.40. The predicted octanol–water partition coefficient (Wildman–Crippen LogP) is -0.623. The number of hydrogen-bond acceptors (Lipinski definition) is 4. The molecule has 98 valence electrons. The molecule has 0 aromatic rings. The van der Waals surface area contributed by atoms with Crippen LogP contribution >= 0.6 is 0 Å². The van der Waals surface area contributed by atoms with E-state index in [1.165, 1.54) is 0 Å². The smallest absolute Gasteiger partial charge is 0.237 e. The zero-order valence-electron chi connectivity index (χ0n) is 10.1. The van der Waals surface area contributed by atoms with Gasteiger partial charge in [0.1, 0.15) is 0 Å². The third-order valence-electron chi connectivity index (χ3n) is 3.83. The molecule has 17 heavy (non-hydrogen) atoms. The number of carbonyl (C=O) groups is 1. The summed E-state index contributed by atoms with van der Waals surface area (Å²) >= 11 is 0. The first kappa shape index (κ1) is 12.8. The second-order valence-electron chi connectivity index (χ2n) is 5.21. The number of aliphatic hydroxyl groups excluding tert-OH is 2. The van der Waals surface area contributed by atoms with Crippen LogP contribution in [0.25, 0.3) is 0 Å². The average molecular weight is 242 g/mol. The zero-order chi connectivity index (χ0) is 12.3. The van der Waals surface area contributed by atoms with E-state index in [4.69, 9.17) is 0 Å². The van der Waals surface area contributed by atoms with Crippen LogP contribution in [0.1, 0.15) is 32.1 Å². The SMILES string of the molecule is O=C(NC[C@@H]1CCCC[C@@H]1O)[C@H]1C[C@@H](O)CN1. The van der Waals surface area contributed by atoms with Gasteiger partial charge in [0, 0.05) is 19.0 Å². The van der Waals surface area contributed by atoms with Crippen molar-refractivity contribution < 1.29 is 15.0 Å². The van der Waals surface area contributed by atoms with Crippen LogP contribution in [0.15, 0.2) is 0 Å². The molecule has 0 spiro atoms. The average Bonchev–Trinajstić information content (AvgIpc) is 2.74. The van der Waals surface area contributed by atoms with E-state index in [0.29, 0.717) is 19.5 Å². The van der Waals surface area contributed by atoms with E-state index in [9.17, 15) is 15.0 Å². The van der Waals surface area contributed by atoms with E-state index >= 15 is 0 Å². The molecule has 0 aromatic carbocycles. The van der Waals surface area contributed by atoms with Crippen molar-refractivity contribution in [3.8, 4) is 0 Å². The monoisotopic (exact) mass is 242 g/mol. The van der Waals surface area contributed by atoms with Gasteiger partial charge in [-0.15, -0.1) is 0 Å². The third-order valence-corrected chi connectivity index (χ3v) is 3.83. The lowest BCUT2D eigenvalue weighted by molar-refractivity contribution is -0.123. The molecule has 0 bridgehead atoms. The van der Waals surface area contributed by atoms with Gasteiger partial charge in [0.05, 0.1) is 18.2 Å². The molecule has 1 saturated heterocycles. The number of rotatable bonds is 3. The first-order valence-corrected chi connectivity index (χ1v) is 6.54. The van der Waals surface area contributed by atoms with Crippen LogP contribution in [0, 0.1) is 5.92 Å². The van der Waals surface area contributed by atoms with Crippen molar-refractivity contribution in [2.75, 3.05) is 13.1 Å². The van der Waals surface area contributed by atoms with Crippen molar-refractivity contribution >= 4 is 5.91 Å². The Morgan fingerprint density at radius 1 is 1.29 bits per heavy atom. The maximum atomic E-state index is 11.8. The number of β-amino-alcohol motifs (C(OH)–C–C–N with tert-alkyl or cyclic N) is 1. The summed E-state index contributed by atoms with van der Waals surface area (Å²) in [7, 11) is 0. The van der Waals surface area contributed by atoms with Gasteiger partial charge in [-0.25, -0.2) is 0 Å². The van der Waals surface area contributed by atoms with E-state index in [-0.39, 0.29) is 24.0 Å². The van der Waals surface area contributed by atoms with Gasteiger partial charge in [-0.05, 0) is 19.3 Å². The Bertz CT molecular complexity index is 272. The molecule has 1 aliphatic carbocycles. The minimum absolute atomic E-state index is 0.0562. The first-order valence-electron chi connectivity index (χ1n) is 6.54. The molecule has 2 rings (SSSR count). The molecule has 1 aliphatic heterocycles. The highest BCUT2D eigenvalue weighted by Crippen LogP contribution is 2.23. The standard InChI is InChI=1S/C12H22N2O3/c15-9-5-10(13-7-9)12(17)14-6-8-3-1-2-4-11(8)16/h8-11,13,15-16H,1-7H2,(H,14,17)/t8-,9+,10+,11-/m0/s1. The quantitative estimate of drug-likeness (QED) is 0.531. The summed E-state index contributed by atoms with van der Waals surface area (Å²) in [5, 5.41) is 25.0. The molecule has 1 saturated carbocycles. The summed E-state index contributed by atoms with van der Waals surface area (Å²) < 4.78 is 0. The lowest BCUT2D eigenvalue weighted by Gasteiger charge is -2.28. The maximum absolute atomic E-state index is 11.8. The molecular formula is C12H22N2O3. The fourth-order valence-corrected chi connectivity index (χ4v) is 2.70. The van der Waals surface area contributed by atoms with Gasteiger partial charge >= 0.3 is 0 Å². The Labute approximate surface area is 102 Å². The van der Waals surface area contributed by atoms with Gasteiger partial charge in [-0.2, -0.15) is 0 Å². The number of nitrogens with one attached hydrogen (secondary N) is 2. The van der Waals surface area contributed by atoms with Gasteiger partial charge in [0.15, 0.2) is 0 Å². The predicted molar refractivity (Wildman–Crippen MR) is 63.4 cm³/mol. The Morgan fingerprint density at radius 3 is 2.71 bits per heavy atom. The minimum Gasteiger partial charge on any atom is -0.393 e. The molecule has 1 amide bonds. The van der Waals surface area contributed by atoms with Crippen molar-refractivity contribution in [2.24, 2.45) is 5.92 Å². The van der Waals surface area contributed by atoms with Crippen molar-refractivity contribution in [1.82, 2.24) is 10.6 Å². The van der Waals surface area contributed by atoms with Gasteiger partial charge in [0.25, 0.3) is 0 Å². The van der Waals surface area contributed by atoms with Crippen molar-refractivity contribution in [2.45, 2.75) is 50.4 Å². The summed E-state index contributed by atoms with van der Waals surface area (Å²) in [6.07, 6.45) is 3.86. The van der Waals surface area contributed by atoms with Gasteiger partial charge in [-0.1, -0.05) is 12.8 Å². The van der Waals surface area contributed by atoms with Crippen LogP contribution in [0.2, 0.25) is 0 Å². The van der Waals surface area contributed by atoms with E-state index in [1.54, 1.807) is 0 Å². The van der Waals surface area contributed by atoms with Crippen molar-refractivity contribution in [3.63, 3.8) is 0 Å². The fraction of sp³-hybridized carbons (Fsp3) is 0.917. The lowest BCUT2D eigenvalue weighted by atomic mass is 9.86. The van der Waals surface area contributed by atoms with Crippen LogP contribution in [-0.4, -0.2) is 47.5 Å². The van der Waals surface area contributed by atoms with Crippen LogP contribution in [0.4, 0.5) is 0 Å². The summed E-state index contributed by atoms with van der Waals surface area (Å²) in [6, 6.07) is -0.272. The van der Waals surface area contributed by atoms with Gasteiger partial charge in [0.2, 0.25) is 5.91 Å². The van der Waals surface area contributed by atoms with Crippen LogP contribution in [-0.2, 0) is 4.79 Å². The summed E-state index contributed by atoms with van der Waals surface area (Å²) in [6.45, 7) is 1.04. The first-order chi connectivity index (χ1) is 8.16.